The van der Waals surface area contributed by atoms with E-state index in [9.17, 15) is 24.3 Å². The number of carbonyl (C=O) groups is 4. The lowest BCUT2D eigenvalue weighted by atomic mass is 10.0. The van der Waals surface area contributed by atoms with Crippen LogP contribution in [0.2, 0.25) is 0 Å². The predicted octanol–water partition coefficient (Wildman–Crippen LogP) is -1.39. The largest absolute Gasteiger partial charge is 0.480 e. The molecule has 2 rings (SSSR count). The zero-order valence-electron chi connectivity index (χ0n) is 16.6. The Hall–Kier alpha value is -2.95. The first kappa shape index (κ1) is 22.3. The summed E-state index contributed by atoms with van der Waals surface area (Å²) < 4.78 is 0. The lowest BCUT2D eigenvalue weighted by Crippen LogP contribution is -2.57. The summed E-state index contributed by atoms with van der Waals surface area (Å²) >= 11 is 0. The number of aromatic nitrogens is 2. The molecule has 3 unspecified atom stereocenters. The van der Waals surface area contributed by atoms with Crippen LogP contribution < -0.4 is 16.4 Å². The number of amides is 3. The molecule has 1 saturated heterocycles. The van der Waals surface area contributed by atoms with E-state index >= 15 is 0 Å². The Morgan fingerprint density at radius 3 is 2.62 bits per heavy atom. The minimum atomic E-state index is -1.20. The smallest absolute Gasteiger partial charge is 0.326 e. The SMILES string of the molecule is CC(C)C(NC(=O)C1CCCN1C(=O)CN)C(=O)NC(Cc1cnc[nH]1)C(=O)O. The number of carbonyl (C=O) groups excluding carboxylic acids is 3. The fourth-order valence-corrected chi connectivity index (χ4v) is 3.32. The molecule has 0 radical (unpaired) electrons. The fraction of sp³-hybridized carbons (Fsp3) is 0.611. The van der Waals surface area contributed by atoms with Gasteiger partial charge in [0.15, 0.2) is 0 Å². The number of nitrogens with zero attached hydrogens (tertiary/aromatic N) is 2. The highest BCUT2D eigenvalue weighted by Crippen LogP contribution is 2.18. The molecular weight excluding hydrogens is 380 g/mol. The fourth-order valence-electron chi connectivity index (χ4n) is 3.32. The van der Waals surface area contributed by atoms with Crippen molar-refractivity contribution in [3.8, 4) is 0 Å². The maximum Gasteiger partial charge on any atom is 0.326 e. The summed E-state index contributed by atoms with van der Waals surface area (Å²) in [5.74, 6) is -2.86. The zero-order chi connectivity index (χ0) is 21.6. The van der Waals surface area contributed by atoms with Crippen LogP contribution in [0.1, 0.15) is 32.4 Å². The van der Waals surface area contributed by atoms with Gasteiger partial charge in [0.05, 0.1) is 12.9 Å². The molecular formula is C18H28N6O5. The van der Waals surface area contributed by atoms with Crippen molar-refractivity contribution in [2.45, 2.75) is 51.2 Å². The maximum absolute atomic E-state index is 12.7. The Balaban J connectivity index is 2.05. The molecule has 3 amide bonds. The zero-order valence-corrected chi connectivity index (χ0v) is 16.6. The van der Waals surface area contributed by atoms with Gasteiger partial charge < -0.3 is 31.4 Å². The van der Waals surface area contributed by atoms with E-state index in [0.717, 1.165) is 0 Å². The third-order valence-electron chi connectivity index (χ3n) is 4.89. The van der Waals surface area contributed by atoms with E-state index in [-0.39, 0.29) is 24.8 Å². The van der Waals surface area contributed by atoms with Gasteiger partial charge in [-0.05, 0) is 18.8 Å². The van der Waals surface area contributed by atoms with Crippen LogP contribution in [0.25, 0.3) is 0 Å². The monoisotopic (exact) mass is 408 g/mol. The third-order valence-corrected chi connectivity index (χ3v) is 4.89. The summed E-state index contributed by atoms with van der Waals surface area (Å²) in [6.07, 6.45) is 4.09. The van der Waals surface area contributed by atoms with Gasteiger partial charge in [0.25, 0.3) is 0 Å². The Morgan fingerprint density at radius 1 is 1.34 bits per heavy atom. The molecule has 0 aromatic carbocycles. The summed E-state index contributed by atoms with van der Waals surface area (Å²) in [5, 5.41) is 14.6. The van der Waals surface area contributed by atoms with Gasteiger partial charge in [0, 0.05) is 24.9 Å². The number of rotatable bonds is 9. The van der Waals surface area contributed by atoms with Crippen molar-refractivity contribution in [2.75, 3.05) is 13.1 Å². The molecule has 0 spiro atoms. The van der Waals surface area contributed by atoms with Crippen molar-refractivity contribution >= 4 is 23.7 Å². The van der Waals surface area contributed by atoms with Crippen molar-refractivity contribution in [3.05, 3.63) is 18.2 Å². The van der Waals surface area contributed by atoms with Gasteiger partial charge in [-0.15, -0.1) is 0 Å². The molecule has 0 aliphatic carbocycles. The molecule has 1 aliphatic rings. The summed E-state index contributed by atoms with van der Waals surface area (Å²) in [6, 6.07) is -2.80. The van der Waals surface area contributed by atoms with Crippen LogP contribution in [0.4, 0.5) is 0 Å². The van der Waals surface area contributed by atoms with E-state index in [0.29, 0.717) is 25.1 Å². The normalized spacial score (nSPS) is 18.3. The van der Waals surface area contributed by atoms with E-state index in [2.05, 4.69) is 20.6 Å². The average Bonchev–Trinajstić information content (AvgIpc) is 3.35. The van der Waals surface area contributed by atoms with Crippen LogP contribution >= 0.6 is 0 Å². The quantitative estimate of drug-likeness (QED) is 0.335. The van der Waals surface area contributed by atoms with Gasteiger partial charge in [-0.3, -0.25) is 14.4 Å². The summed E-state index contributed by atoms with van der Waals surface area (Å²) in [4.78, 5) is 57.0. The van der Waals surface area contributed by atoms with Crippen LogP contribution in [-0.4, -0.2) is 74.9 Å². The van der Waals surface area contributed by atoms with E-state index in [1.165, 1.54) is 17.4 Å². The standard InChI is InChI=1S/C18H28N6O5/c1-10(2)15(23-16(26)13-4-3-5-24(13)14(25)7-19)17(27)22-12(18(28)29)6-11-8-20-9-21-11/h8-10,12-13,15H,3-7,19H2,1-2H3,(H,20,21)(H,22,27)(H,23,26)(H,28,29). The molecule has 29 heavy (non-hydrogen) atoms. The Bertz CT molecular complexity index is 735. The number of likely N-dealkylation sites (tertiary alicyclic amines) is 1. The number of H-pyrrole nitrogens is 1. The van der Waals surface area contributed by atoms with Crippen molar-refractivity contribution in [1.82, 2.24) is 25.5 Å². The molecule has 11 heteroatoms. The Kier molecular flexibility index (Phi) is 7.71. The van der Waals surface area contributed by atoms with Gasteiger partial charge in [0.2, 0.25) is 17.7 Å². The average molecular weight is 408 g/mol. The lowest BCUT2D eigenvalue weighted by Gasteiger charge is -2.28. The Labute approximate surface area is 168 Å². The number of carboxylic acid groups (broad SMARTS) is 1. The molecule has 1 aromatic rings. The van der Waals surface area contributed by atoms with Crippen LogP contribution in [0.5, 0.6) is 0 Å². The van der Waals surface area contributed by atoms with E-state index in [1.54, 1.807) is 13.8 Å². The van der Waals surface area contributed by atoms with E-state index < -0.39 is 35.9 Å². The molecule has 11 nitrogen and oxygen atoms in total. The molecule has 1 fully saturated rings. The van der Waals surface area contributed by atoms with Crippen LogP contribution in [0, 0.1) is 5.92 Å². The second-order valence-corrected chi connectivity index (χ2v) is 7.36. The number of hydrogen-bond acceptors (Lipinski definition) is 6. The molecule has 0 saturated carbocycles. The minimum absolute atomic E-state index is 0.0290. The molecule has 2 heterocycles. The number of nitrogens with one attached hydrogen (secondary N) is 3. The number of hydrogen-bond donors (Lipinski definition) is 5. The summed E-state index contributed by atoms with van der Waals surface area (Å²) in [7, 11) is 0. The highest BCUT2D eigenvalue weighted by molar-refractivity contribution is 5.94. The highest BCUT2D eigenvalue weighted by Gasteiger charge is 2.36. The van der Waals surface area contributed by atoms with Gasteiger partial charge in [-0.1, -0.05) is 13.8 Å². The first-order valence-corrected chi connectivity index (χ1v) is 9.55. The number of nitrogens with two attached hydrogens (primary N) is 1. The highest BCUT2D eigenvalue weighted by atomic mass is 16.4. The van der Waals surface area contributed by atoms with E-state index in [4.69, 9.17) is 5.73 Å². The summed E-state index contributed by atoms with van der Waals surface area (Å²) in [5.41, 5.74) is 5.96. The number of aromatic amines is 1. The molecule has 160 valence electrons. The van der Waals surface area contributed by atoms with Gasteiger partial charge in [-0.2, -0.15) is 0 Å². The van der Waals surface area contributed by atoms with Gasteiger partial charge >= 0.3 is 5.97 Å². The van der Waals surface area contributed by atoms with Crippen LogP contribution in [0.15, 0.2) is 12.5 Å². The van der Waals surface area contributed by atoms with Crippen molar-refractivity contribution in [1.29, 1.82) is 0 Å². The number of carboxylic acids is 1. The molecule has 1 aromatic heterocycles. The van der Waals surface area contributed by atoms with Crippen molar-refractivity contribution in [3.63, 3.8) is 0 Å². The first-order valence-electron chi connectivity index (χ1n) is 9.55. The van der Waals surface area contributed by atoms with Crippen molar-refractivity contribution in [2.24, 2.45) is 11.7 Å². The lowest BCUT2D eigenvalue weighted by molar-refractivity contribution is -0.143. The molecule has 3 atom stereocenters. The van der Waals surface area contributed by atoms with Gasteiger partial charge in [0.1, 0.15) is 18.1 Å². The molecule has 1 aliphatic heterocycles. The second-order valence-electron chi connectivity index (χ2n) is 7.36. The van der Waals surface area contributed by atoms with Crippen molar-refractivity contribution < 1.29 is 24.3 Å². The van der Waals surface area contributed by atoms with Gasteiger partial charge in [-0.25, -0.2) is 9.78 Å². The van der Waals surface area contributed by atoms with Crippen LogP contribution in [0.3, 0.4) is 0 Å². The van der Waals surface area contributed by atoms with E-state index in [1.807, 2.05) is 0 Å². The Morgan fingerprint density at radius 2 is 2.07 bits per heavy atom. The number of aliphatic carboxylic acids is 1. The topological polar surface area (TPSA) is 171 Å². The predicted molar refractivity (Wildman–Crippen MR) is 102 cm³/mol. The third kappa shape index (κ3) is 5.76. The summed E-state index contributed by atoms with van der Waals surface area (Å²) in [6.45, 7) is 3.74. The molecule has 6 N–H and O–H groups in total. The number of imidazole rings is 1. The second kappa shape index (κ2) is 10.0. The first-order chi connectivity index (χ1) is 13.7. The minimum Gasteiger partial charge on any atom is -0.480 e. The molecule has 0 bridgehead atoms. The maximum atomic E-state index is 12.7. The van der Waals surface area contributed by atoms with Crippen LogP contribution in [-0.2, 0) is 25.6 Å².